The lowest BCUT2D eigenvalue weighted by Gasteiger charge is -2.21. The zero-order valence-electron chi connectivity index (χ0n) is 11.6. The number of nitrogens with one attached hydrogen (secondary N) is 2. The third-order valence-electron chi connectivity index (χ3n) is 3.67. The van der Waals surface area contributed by atoms with Crippen LogP contribution >= 0.6 is 0 Å². The van der Waals surface area contributed by atoms with Crippen molar-refractivity contribution in [1.82, 2.24) is 10.6 Å². The lowest BCUT2D eigenvalue weighted by molar-refractivity contribution is -0.125. The van der Waals surface area contributed by atoms with Crippen LogP contribution in [0.5, 0.6) is 5.75 Å². The number of hydrogen-bond acceptors (Lipinski definition) is 3. The van der Waals surface area contributed by atoms with Gasteiger partial charge in [0, 0.05) is 12.1 Å². The first-order chi connectivity index (χ1) is 9.26. The van der Waals surface area contributed by atoms with E-state index in [0.29, 0.717) is 0 Å². The van der Waals surface area contributed by atoms with Crippen molar-refractivity contribution in [2.24, 2.45) is 5.92 Å². The van der Waals surface area contributed by atoms with Crippen molar-refractivity contribution in [1.29, 1.82) is 0 Å². The van der Waals surface area contributed by atoms with Crippen molar-refractivity contribution in [3.8, 4) is 5.75 Å². The predicted octanol–water partition coefficient (Wildman–Crippen LogP) is 1.87. The van der Waals surface area contributed by atoms with Gasteiger partial charge in [-0.15, -0.1) is 0 Å². The van der Waals surface area contributed by atoms with Gasteiger partial charge in [0.15, 0.2) is 0 Å². The summed E-state index contributed by atoms with van der Waals surface area (Å²) in [5, 5.41) is 6.36. The van der Waals surface area contributed by atoms with Gasteiger partial charge < -0.3 is 15.4 Å². The second kappa shape index (κ2) is 6.57. The molecule has 4 heteroatoms. The van der Waals surface area contributed by atoms with Crippen LogP contribution in [0.3, 0.4) is 0 Å². The highest BCUT2D eigenvalue weighted by Gasteiger charge is 2.25. The minimum absolute atomic E-state index is 0.0178. The van der Waals surface area contributed by atoms with Crippen LogP contribution in [0.15, 0.2) is 24.3 Å². The highest BCUT2D eigenvalue weighted by Crippen LogP contribution is 2.27. The molecule has 0 bridgehead atoms. The molecule has 2 atom stereocenters. The molecule has 1 aromatic rings. The van der Waals surface area contributed by atoms with Crippen molar-refractivity contribution in [2.45, 2.75) is 25.8 Å². The van der Waals surface area contributed by atoms with Gasteiger partial charge >= 0.3 is 0 Å². The monoisotopic (exact) mass is 262 g/mol. The molecular formula is C15H22N2O2. The summed E-state index contributed by atoms with van der Waals surface area (Å²) in [6.45, 7) is 3.79. The molecule has 0 saturated carbocycles. The van der Waals surface area contributed by atoms with Crippen LogP contribution in [0, 0.1) is 5.92 Å². The number of rotatable bonds is 5. The van der Waals surface area contributed by atoms with E-state index < -0.39 is 0 Å². The maximum Gasteiger partial charge on any atom is 0.224 e. The van der Waals surface area contributed by atoms with Crippen LogP contribution in [0.25, 0.3) is 0 Å². The highest BCUT2D eigenvalue weighted by atomic mass is 16.5. The molecule has 1 fully saturated rings. The van der Waals surface area contributed by atoms with E-state index in [9.17, 15) is 4.79 Å². The lowest BCUT2D eigenvalue weighted by atomic mass is 10.0. The molecule has 2 N–H and O–H groups in total. The van der Waals surface area contributed by atoms with Crippen LogP contribution in [-0.4, -0.2) is 26.1 Å². The maximum absolute atomic E-state index is 12.2. The molecule has 104 valence electrons. The summed E-state index contributed by atoms with van der Waals surface area (Å²) in [5.74, 6) is 1.07. The number of hydrogen-bond donors (Lipinski definition) is 2. The Morgan fingerprint density at radius 1 is 1.53 bits per heavy atom. The number of ether oxygens (including phenoxy) is 1. The van der Waals surface area contributed by atoms with Gasteiger partial charge in [-0.3, -0.25) is 4.79 Å². The van der Waals surface area contributed by atoms with Crippen LogP contribution in [-0.2, 0) is 4.79 Å². The molecule has 0 radical (unpaired) electrons. The molecule has 4 nitrogen and oxygen atoms in total. The molecule has 0 spiro atoms. The fourth-order valence-electron chi connectivity index (χ4n) is 2.52. The fraction of sp³-hybridized carbons (Fsp3) is 0.533. The first-order valence-electron chi connectivity index (χ1n) is 6.90. The summed E-state index contributed by atoms with van der Waals surface area (Å²) in [5.41, 5.74) is 1.05. The number of amides is 1. The summed E-state index contributed by atoms with van der Waals surface area (Å²) in [4.78, 5) is 12.2. The second-order valence-electron chi connectivity index (χ2n) is 4.90. The Labute approximate surface area is 114 Å². The fourth-order valence-corrected chi connectivity index (χ4v) is 2.52. The Kier molecular flexibility index (Phi) is 4.80. The molecule has 1 aromatic carbocycles. The van der Waals surface area contributed by atoms with Crippen molar-refractivity contribution >= 4 is 5.91 Å². The summed E-state index contributed by atoms with van der Waals surface area (Å²) >= 11 is 0. The minimum Gasteiger partial charge on any atom is -0.496 e. The zero-order valence-corrected chi connectivity index (χ0v) is 11.6. The van der Waals surface area contributed by atoms with Gasteiger partial charge in [-0.25, -0.2) is 0 Å². The van der Waals surface area contributed by atoms with E-state index in [0.717, 1.165) is 37.2 Å². The molecule has 19 heavy (non-hydrogen) atoms. The van der Waals surface area contributed by atoms with Gasteiger partial charge in [0.05, 0.1) is 19.1 Å². The SMILES string of the molecule is CCC(NC(=O)C1CCNC1)c1ccccc1OC. The first-order valence-corrected chi connectivity index (χ1v) is 6.90. The maximum atomic E-state index is 12.2. The third-order valence-corrected chi connectivity index (χ3v) is 3.67. The highest BCUT2D eigenvalue weighted by molar-refractivity contribution is 5.79. The van der Waals surface area contributed by atoms with E-state index in [2.05, 4.69) is 17.6 Å². The second-order valence-corrected chi connectivity index (χ2v) is 4.90. The van der Waals surface area contributed by atoms with Crippen LogP contribution in [0.1, 0.15) is 31.4 Å². The van der Waals surface area contributed by atoms with Crippen molar-refractivity contribution in [3.63, 3.8) is 0 Å². The molecule has 1 aliphatic rings. The van der Waals surface area contributed by atoms with Gasteiger partial charge in [0.1, 0.15) is 5.75 Å². The molecule has 2 rings (SSSR count). The van der Waals surface area contributed by atoms with Crippen molar-refractivity contribution in [3.05, 3.63) is 29.8 Å². The summed E-state index contributed by atoms with van der Waals surface area (Å²) in [6.07, 6.45) is 1.78. The van der Waals surface area contributed by atoms with Gasteiger partial charge in [0.2, 0.25) is 5.91 Å². The topological polar surface area (TPSA) is 50.4 Å². The zero-order chi connectivity index (χ0) is 13.7. The van der Waals surface area contributed by atoms with E-state index in [1.54, 1.807) is 7.11 Å². The van der Waals surface area contributed by atoms with Crippen LogP contribution in [0.2, 0.25) is 0 Å². The number of carbonyl (C=O) groups is 1. The number of methoxy groups -OCH3 is 1. The Balaban J connectivity index is 2.08. The lowest BCUT2D eigenvalue weighted by Crippen LogP contribution is -2.34. The number of benzene rings is 1. The van der Waals surface area contributed by atoms with E-state index in [-0.39, 0.29) is 17.9 Å². The molecular weight excluding hydrogens is 240 g/mol. The molecule has 0 aromatic heterocycles. The predicted molar refractivity (Wildman–Crippen MR) is 75.1 cm³/mol. The van der Waals surface area contributed by atoms with E-state index in [1.807, 2.05) is 24.3 Å². The number of para-hydroxylation sites is 1. The molecule has 1 aliphatic heterocycles. The van der Waals surface area contributed by atoms with Crippen LogP contribution in [0.4, 0.5) is 0 Å². The first kappa shape index (κ1) is 13.9. The van der Waals surface area contributed by atoms with Crippen LogP contribution < -0.4 is 15.4 Å². The van der Waals surface area contributed by atoms with Gasteiger partial charge in [0.25, 0.3) is 0 Å². The molecule has 1 heterocycles. The Morgan fingerprint density at radius 2 is 2.32 bits per heavy atom. The van der Waals surface area contributed by atoms with Gasteiger partial charge in [-0.2, -0.15) is 0 Å². The van der Waals surface area contributed by atoms with E-state index in [4.69, 9.17) is 4.74 Å². The van der Waals surface area contributed by atoms with E-state index >= 15 is 0 Å². The quantitative estimate of drug-likeness (QED) is 0.851. The van der Waals surface area contributed by atoms with E-state index in [1.165, 1.54) is 0 Å². The Hall–Kier alpha value is -1.55. The van der Waals surface area contributed by atoms with Crippen molar-refractivity contribution in [2.75, 3.05) is 20.2 Å². The molecule has 2 unspecified atom stereocenters. The van der Waals surface area contributed by atoms with Crippen molar-refractivity contribution < 1.29 is 9.53 Å². The average Bonchev–Trinajstić information content (AvgIpc) is 2.98. The Morgan fingerprint density at radius 3 is 2.95 bits per heavy atom. The molecule has 1 amide bonds. The Bertz CT molecular complexity index is 428. The van der Waals surface area contributed by atoms with Gasteiger partial charge in [-0.1, -0.05) is 25.1 Å². The smallest absolute Gasteiger partial charge is 0.224 e. The molecule has 0 aliphatic carbocycles. The summed E-state index contributed by atoms with van der Waals surface area (Å²) in [7, 11) is 1.66. The average molecular weight is 262 g/mol. The third kappa shape index (κ3) is 3.26. The number of carbonyl (C=O) groups excluding carboxylic acids is 1. The normalized spacial score (nSPS) is 20.0. The molecule has 1 saturated heterocycles. The largest absolute Gasteiger partial charge is 0.496 e. The van der Waals surface area contributed by atoms with Gasteiger partial charge in [-0.05, 0) is 25.5 Å². The summed E-state index contributed by atoms with van der Waals surface area (Å²) < 4.78 is 5.37. The minimum atomic E-state index is 0.0178. The summed E-state index contributed by atoms with van der Waals surface area (Å²) in [6, 6.07) is 7.88. The standard InChI is InChI=1S/C15H22N2O2/c1-3-13(12-6-4-5-7-14(12)19-2)17-15(18)11-8-9-16-10-11/h4-7,11,13,16H,3,8-10H2,1-2H3,(H,17,18).